The molecule has 12 heavy (non-hydrogen) atoms. The van der Waals surface area contributed by atoms with Crippen LogP contribution in [-0.2, 0) is 9.59 Å². The van der Waals surface area contributed by atoms with Gasteiger partial charge in [-0.25, -0.2) is 0 Å². The van der Waals surface area contributed by atoms with E-state index in [1.54, 1.807) is 0 Å². The molecule has 2 amide bonds. The summed E-state index contributed by atoms with van der Waals surface area (Å²) in [5.74, 6) is 0. The molecule has 0 spiro atoms. The second kappa shape index (κ2) is 8.04. The first-order chi connectivity index (χ1) is 5.85. The van der Waals surface area contributed by atoms with Crippen LogP contribution in [0.5, 0.6) is 0 Å². The number of rotatable bonds is 2. The van der Waals surface area contributed by atoms with Crippen LogP contribution in [0.1, 0.15) is 32.1 Å². The van der Waals surface area contributed by atoms with Gasteiger partial charge >= 0.3 is 0 Å². The van der Waals surface area contributed by atoms with Crippen molar-refractivity contribution in [3.8, 4) is 0 Å². The van der Waals surface area contributed by atoms with E-state index in [1.165, 1.54) is 32.1 Å². The normalized spacial score (nSPS) is 17.0. The van der Waals surface area contributed by atoms with Gasteiger partial charge in [0.25, 0.3) is 0 Å². The molecular weight excluding hydrogens is 156 g/mol. The first-order valence-electron chi connectivity index (χ1n) is 4.20. The van der Waals surface area contributed by atoms with Gasteiger partial charge in [-0.1, -0.05) is 19.3 Å². The lowest BCUT2D eigenvalue weighted by Crippen LogP contribution is -2.29. The highest BCUT2D eigenvalue weighted by atomic mass is 16.1. The summed E-state index contributed by atoms with van der Waals surface area (Å²) < 4.78 is 0. The van der Waals surface area contributed by atoms with Gasteiger partial charge in [-0.3, -0.25) is 9.59 Å². The summed E-state index contributed by atoms with van der Waals surface area (Å²) in [5.41, 5.74) is 4.17. The molecular formula is C8H16N2O2. The molecule has 70 valence electrons. The fourth-order valence-electron chi connectivity index (χ4n) is 1.37. The number of primary amides is 1. The van der Waals surface area contributed by atoms with Gasteiger partial charge in [0, 0.05) is 6.04 Å². The molecule has 3 N–H and O–H groups in total. The Balaban J connectivity index is 0.000000354. The van der Waals surface area contributed by atoms with E-state index in [0.717, 1.165) is 6.41 Å². The van der Waals surface area contributed by atoms with E-state index in [-0.39, 0.29) is 6.41 Å². The minimum Gasteiger partial charge on any atom is -0.372 e. The lowest BCUT2D eigenvalue weighted by Gasteiger charge is -2.19. The van der Waals surface area contributed by atoms with E-state index in [4.69, 9.17) is 4.79 Å². The topological polar surface area (TPSA) is 72.2 Å². The molecule has 0 atom stereocenters. The Labute approximate surface area is 72.5 Å². The quantitative estimate of drug-likeness (QED) is 0.583. The predicted molar refractivity (Wildman–Crippen MR) is 46.3 cm³/mol. The molecule has 1 rings (SSSR count). The molecule has 0 heterocycles. The number of carbonyl (C=O) groups is 2. The Bertz CT molecular complexity index is 122. The van der Waals surface area contributed by atoms with Crippen LogP contribution in [0.2, 0.25) is 0 Å². The fraction of sp³-hybridized carbons (Fsp3) is 0.750. The Hall–Kier alpha value is -1.06. The molecule has 1 aliphatic carbocycles. The van der Waals surface area contributed by atoms with Gasteiger partial charge in [-0.15, -0.1) is 0 Å². The molecule has 0 aromatic carbocycles. The zero-order chi connectivity index (χ0) is 9.23. The van der Waals surface area contributed by atoms with E-state index in [2.05, 4.69) is 11.1 Å². The minimum atomic E-state index is 0.250. The maximum atomic E-state index is 9.96. The van der Waals surface area contributed by atoms with Crippen LogP contribution in [0.25, 0.3) is 0 Å². The van der Waals surface area contributed by atoms with Gasteiger partial charge in [-0.05, 0) is 12.8 Å². The molecule has 0 aliphatic heterocycles. The first kappa shape index (κ1) is 10.9. The second-order valence-corrected chi connectivity index (χ2v) is 2.76. The van der Waals surface area contributed by atoms with Crippen molar-refractivity contribution in [2.24, 2.45) is 5.73 Å². The predicted octanol–water partition coefficient (Wildman–Crippen LogP) is 0.167. The van der Waals surface area contributed by atoms with Crippen molar-refractivity contribution in [2.75, 3.05) is 0 Å². The van der Waals surface area contributed by atoms with Crippen molar-refractivity contribution >= 4 is 12.8 Å². The Morgan fingerprint density at radius 3 is 2.08 bits per heavy atom. The van der Waals surface area contributed by atoms with Crippen LogP contribution in [0.3, 0.4) is 0 Å². The van der Waals surface area contributed by atoms with Crippen molar-refractivity contribution in [1.29, 1.82) is 0 Å². The highest BCUT2D eigenvalue weighted by Gasteiger charge is 2.10. The number of amides is 2. The van der Waals surface area contributed by atoms with Crippen molar-refractivity contribution in [3.05, 3.63) is 0 Å². The van der Waals surface area contributed by atoms with Crippen LogP contribution in [0.15, 0.2) is 0 Å². The maximum absolute atomic E-state index is 9.96. The standard InChI is InChI=1S/C7H13NO.CH3NO/c9-6-8-7-4-2-1-3-5-7;2-1-3/h6-7H,1-5H2,(H,8,9);1H,(H2,2,3). The highest BCUT2D eigenvalue weighted by Crippen LogP contribution is 2.16. The highest BCUT2D eigenvalue weighted by molar-refractivity contribution is 5.46. The smallest absolute Gasteiger partial charge is 0.207 e. The molecule has 4 heteroatoms. The van der Waals surface area contributed by atoms with Crippen molar-refractivity contribution < 1.29 is 9.59 Å². The van der Waals surface area contributed by atoms with E-state index >= 15 is 0 Å². The number of nitrogens with two attached hydrogens (primary N) is 1. The average Bonchev–Trinajstić information content (AvgIpc) is 2.08. The zero-order valence-electron chi connectivity index (χ0n) is 7.16. The third-order valence-corrected chi connectivity index (χ3v) is 1.91. The molecule has 4 nitrogen and oxygen atoms in total. The lowest BCUT2D eigenvalue weighted by molar-refractivity contribution is -0.110. The number of carbonyl (C=O) groups excluding carboxylic acids is 2. The second-order valence-electron chi connectivity index (χ2n) is 2.76. The third-order valence-electron chi connectivity index (χ3n) is 1.91. The third kappa shape index (κ3) is 5.70. The molecule has 0 unspecified atom stereocenters. The van der Waals surface area contributed by atoms with E-state index in [9.17, 15) is 4.79 Å². The van der Waals surface area contributed by atoms with Crippen LogP contribution in [-0.4, -0.2) is 18.9 Å². The molecule has 0 saturated heterocycles. The molecule has 0 radical (unpaired) electrons. The summed E-state index contributed by atoms with van der Waals surface area (Å²) in [7, 11) is 0. The Kier molecular flexibility index (Phi) is 7.33. The van der Waals surface area contributed by atoms with Crippen molar-refractivity contribution in [3.63, 3.8) is 0 Å². The number of hydrogen-bond acceptors (Lipinski definition) is 2. The van der Waals surface area contributed by atoms with Crippen molar-refractivity contribution in [1.82, 2.24) is 5.32 Å². The number of hydrogen-bond donors (Lipinski definition) is 2. The maximum Gasteiger partial charge on any atom is 0.207 e. The molecule has 1 saturated carbocycles. The summed E-state index contributed by atoms with van der Waals surface area (Å²) in [5, 5.41) is 2.80. The van der Waals surface area contributed by atoms with Gasteiger partial charge < -0.3 is 11.1 Å². The van der Waals surface area contributed by atoms with E-state index < -0.39 is 0 Å². The summed E-state index contributed by atoms with van der Waals surface area (Å²) in [6, 6.07) is 0.483. The Morgan fingerprint density at radius 2 is 1.67 bits per heavy atom. The van der Waals surface area contributed by atoms with Crippen LogP contribution in [0.4, 0.5) is 0 Å². The summed E-state index contributed by atoms with van der Waals surface area (Å²) in [6.07, 6.45) is 7.33. The Morgan fingerprint density at radius 1 is 1.17 bits per heavy atom. The fourth-order valence-corrected chi connectivity index (χ4v) is 1.37. The summed E-state index contributed by atoms with van der Waals surface area (Å²) >= 11 is 0. The van der Waals surface area contributed by atoms with Crippen molar-refractivity contribution in [2.45, 2.75) is 38.1 Å². The van der Waals surface area contributed by atoms with E-state index in [0.29, 0.717) is 6.04 Å². The largest absolute Gasteiger partial charge is 0.372 e. The van der Waals surface area contributed by atoms with E-state index in [1.807, 2.05) is 0 Å². The van der Waals surface area contributed by atoms with Crippen LogP contribution in [0, 0.1) is 0 Å². The van der Waals surface area contributed by atoms with Gasteiger partial charge in [0.1, 0.15) is 0 Å². The van der Waals surface area contributed by atoms with Crippen LogP contribution >= 0.6 is 0 Å². The molecule has 1 aliphatic rings. The SMILES string of the molecule is NC=O.O=CNC1CCCCC1. The van der Waals surface area contributed by atoms with Crippen LogP contribution < -0.4 is 11.1 Å². The monoisotopic (exact) mass is 172 g/mol. The molecule has 0 aromatic rings. The average molecular weight is 172 g/mol. The van der Waals surface area contributed by atoms with Gasteiger partial charge in [0.15, 0.2) is 0 Å². The van der Waals surface area contributed by atoms with Gasteiger partial charge in [0.2, 0.25) is 12.8 Å². The molecule has 0 bridgehead atoms. The zero-order valence-corrected chi connectivity index (χ0v) is 7.16. The molecule has 1 fully saturated rings. The lowest BCUT2D eigenvalue weighted by atomic mass is 9.96. The minimum absolute atomic E-state index is 0.250. The number of nitrogens with one attached hydrogen (secondary N) is 1. The van der Waals surface area contributed by atoms with Gasteiger partial charge in [0.05, 0.1) is 0 Å². The van der Waals surface area contributed by atoms with Gasteiger partial charge in [-0.2, -0.15) is 0 Å². The first-order valence-corrected chi connectivity index (χ1v) is 4.20. The molecule has 0 aromatic heterocycles. The summed E-state index contributed by atoms with van der Waals surface area (Å²) in [6.45, 7) is 0. The summed E-state index contributed by atoms with van der Waals surface area (Å²) in [4.78, 5) is 18.5.